The van der Waals surface area contributed by atoms with Crippen LogP contribution in [0.25, 0.3) is 0 Å². The molecule has 0 spiro atoms. The van der Waals surface area contributed by atoms with E-state index in [9.17, 15) is 19.2 Å². The average Bonchev–Trinajstić information content (AvgIpc) is 3.59. The molecular formula is C26H22N2O5. The summed E-state index contributed by atoms with van der Waals surface area (Å²) in [5.74, 6) is -1.58. The van der Waals surface area contributed by atoms with Crippen LogP contribution in [0.4, 0.5) is 5.69 Å². The molecule has 1 heterocycles. The van der Waals surface area contributed by atoms with Gasteiger partial charge < -0.3 is 14.6 Å². The topological polar surface area (TPSA) is 94.5 Å². The maximum atomic E-state index is 12.8. The van der Waals surface area contributed by atoms with Gasteiger partial charge in [-0.05, 0) is 51.0 Å². The van der Waals surface area contributed by atoms with E-state index in [1.807, 2.05) is 13.8 Å². The summed E-state index contributed by atoms with van der Waals surface area (Å²) in [5.41, 5.74) is 3.91. The van der Waals surface area contributed by atoms with Crippen molar-refractivity contribution in [3.63, 3.8) is 0 Å². The number of esters is 1. The molecule has 7 nitrogen and oxygen atoms in total. The first-order valence-corrected chi connectivity index (χ1v) is 10.8. The van der Waals surface area contributed by atoms with Gasteiger partial charge in [0.15, 0.2) is 18.2 Å². The largest absolute Gasteiger partial charge is 0.452 e. The number of carbonyl (C=O) groups is 4. The lowest BCUT2D eigenvalue weighted by Gasteiger charge is -2.18. The molecule has 7 heteroatoms. The first kappa shape index (κ1) is 20.9. The maximum absolute atomic E-state index is 12.8. The Labute approximate surface area is 190 Å². The Balaban J connectivity index is 1.27. The molecule has 1 fully saturated rings. The summed E-state index contributed by atoms with van der Waals surface area (Å²) < 4.78 is 7.36. The zero-order valence-corrected chi connectivity index (χ0v) is 18.3. The van der Waals surface area contributed by atoms with Gasteiger partial charge in [-0.25, -0.2) is 4.79 Å². The highest BCUT2D eigenvalue weighted by Crippen LogP contribution is 2.38. The van der Waals surface area contributed by atoms with Crippen molar-refractivity contribution in [1.29, 1.82) is 0 Å². The van der Waals surface area contributed by atoms with Crippen LogP contribution in [0.3, 0.4) is 0 Å². The van der Waals surface area contributed by atoms with Gasteiger partial charge >= 0.3 is 5.97 Å². The second kappa shape index (κ2) is 7.85. The molecule has 1 aromatic heterocycles. The van der Waals surface area contributed by atoms with Crippen LogP contribution in [0.15, 0.2) is 48.5 Å². The number of fused-ring (bicyclic) bond motifs is 2. The minimum atomic E-state index is -0.548. The lowest BCUT2D eigenvalue weighted by molar-refractivity contribution is -0.119. The lowest BCUT2D eigenvalue weighted by atomic mass is 9.84. The fourth-order valence-corrected chi connectivity index (χ4v) is 4.46. The number of amides is 1. The summed E-state index contributed by atoms with van der Waals surface area (Å²) in [6.07, 6.45) is 2.21. The Hall–Kier alpha value is -4.00. The van der Waals surface area contributed by atoms with E-state index in [0.717, 1.165) is 24.2 Å². The Bertz CT molecular complexity index is 1350. The second-order valence-electron chi connectivity index (χ2n) is 8.47. The van der Waals surface area contributed by atoms with E-state index in [1.165, 1.54) is 12.1 Å². The first-order valence-electron chi connectivity index (χ1n) is 10.8. The molecule has 33 heavy (non-hydrogen) atoms. The minimum Gasteiger partial charge on any atom is -0.452 e. The van der Waals surface area contributed by atoms with E-state index in [2.05, 4.69) is 9.88 Å². The van der Waals surface area contributed by atoms with Crippen LogP contribution in [0, 0.1) is 13.8 Å². The van der Waals surface area contributed by atoms with Gasteiger partial charge in [-0.15, -0.1) is 0 Å². The number of ether oxygens (including phenoxy) is 1. The molecule has 0 unspecified atom stereocenters. The van der Waals surface area contributed by atoms with Crippen molar-refractivity contribution in [3.8, 4) is 0 Å². The van der Waals surface area contributed by atoms with Crippen LogP contribution in [0.2, 0.25) is 0 Å². The van der Waals surface area contributed by atoms with E-state index in [0.29, 0.717) is 34.0 Å². The Kier molecular flexibility index (Phi) is 4.96. The molecule has 0 atom stereocenters. The van der Waals surface area contributed by atoms with E-state index in [-0.39, 0.29) is 17.1 Å². The summed E-state index contributed by atoms with van der Waals surface area (Å²) in [6, 6.07) is 13.5. The van der Waals surface area contributed by atoms with Gasteiger partial charge in [0.2, 0.25) is 0 Å². The van der Waals surface area contributed by atoms with Gasteiger partial charge in [-0.3, -0.25) is 14.4 Å². The van der Waals surface area contributed by atoms with Crippen LogP contribution in [0.5, 0.6) is 0 Å². The quantitative estimate of drug-likeness (QED) is 0.471. The zero-order chi connectivity index (χ0) is 23.3. The van der Waals surface area contributed by atoms with E-state index in [1.54, 1.807) is 36.4 Å². The predicted molar refractivity (Wildman–Crippen MR) is 121 cm³/mol. The summed E-state index contributed by atoms with van der Waals surface area (Å²) >= 11 is 0. The molecule has 0 aliphatic heterocycles. The second-order valence-corrected chi connectivity index (χ2v) is 8.47. The highest BCUT2D eigenvalue weighted by Gasteiger charge is 2.30. The molecule has 2 aromatic carbocycles. The van der Waals surface area contributed by atoms with Crippen LogP contribution >= 0.6 is 0 Å². The van der Waals surface area contributed by atoms with Crippen molar-refractivity contribution in [2.24, 2.45) is 0 Å². The number of hydrogen-bond donors (Lipinski definition) is 1. The lowest BCUT2D eigenvalue weighted by Crippen LogP contribution is -2.23. The number of benzene rings is 2. The number of nitrogens with zero attached hydrogens (tertiary/aromatic N) is 1. The molecular weight excluding hydrogens is 420 g/mol. The van der Waals surface area contributed by atoms with Gasteiger partial charge in [-0.2, -0.15) is 0 Å². The summed E-state index contributed by atoms with van der Waals surface area (Å²) in [6.45, 7) is 3.37. The highest BCUT2D eigenvalue weighted by atomic mass is 16.5. The van der Waals surface area contributed by atoms with E-state index < -0.39 is 18.5 Å². The minimum absolute atomic E-state index is 0.226. The number of aromatic nitrogens is 1. The molecule has 5 rings (SSSR count). The number of carbonyl (C=O) groups excluding carboxylic acids is 4. The number of aryl methyl sites for hydroxylation is 1. The number of hydrogen-bond acceptors (Lipinski definition) is 5. The van der Waals surface area contributed by atoms with Gasteiger partial charge in [0, 0.05) is 45.4 Å². The number of anilines is 1. The van der Waals surface area contributed by atoms with E-state index >= 15 is 0 Å². The molecule has 0 bridgehead atoms. The van der Waals surface area contributed by atoms with Gasteiger partial charge in [0.25, 0.3) is 5.91 Å². The van der Waals surface area contributed by atoms with Crippen molar-refractivity contribution < 1.29 is 23.9 Å². The highest BCUT2D eigenvalue weighted by molar-refractivity contribution is 6.28. The Morgan fingerprint density at radius 1 is 0.939 bits per heavy atom. The maximum Gasteiger partial charge on any atom is 0.340 e. The normalized spacial score (nSPS) is 14.5. The summed E-state index contributed by atoms with van der Waals surface area (Å²) in [5, 5.41) is 2.63. The molecule has 1 N–H and O–H groups in total. The molecule has 2 aliphatic rings. The smallest absolute Gasteiger partial charge is 0.340 e. The van der Waals surface area contributed by atoms with Gasteiger partial charge in [0.1, 0.15) is 0 Å². The molecule has 166 valence electrons. The fraction of sp³-hybridized carbons (Fsp3) is 0.231. The Morgan fingerprint density at radius 2 is 1.58 bits per heavy atom. The molecule has 1 amide bonds. The van der Waals surface area contributed by atoms with Crippen molar-refractivity contribution in [2.75, 3.05) is 11.9 Å². The van der Waals surface area contributed by atoms with Crippen molar-refractivity contribution >= 4 is 29.1 Å². The van der Waals surface area contributed by atoms with Crippen LogP contribution in [-0.4, -0.2) is 34.6 Å². The molecule has 3 aromatic rings. The monoisotopic (exact) mass is 442 g/mol. The number of rotatable bonds is 5. The zero-order valence-electron chi connectivity index (χ0n) is 18.3. The van der Waals surface area contributed by atoms with Gasteiger partial charge in [0.05, 0.1) is 5.56 Å². The standard InChI is InChI=1S/C26H22N2O5/c1-14-11-21(15(2)28(14)17-8-9-17)26(32)33-13-23(29)27-16-7-10-20-22(12-16)25(31)19-6-4-3-5-18(19)24(20)30/h3-7,10-12,17H,8-9,13H2,1-2H3,(H,27,29). The molecule has 1 saturated carbocycles. The predicted octanol–water partition coefficient (Wildman–Crippen LogP) is 4.01. The van der Waals surface area contributed by atoms with Crippen LogP contribution in [-0.2, 0) is 9.53 Å². The van der Waals surface area contributed by atoms with Crippen molar-refractivity contribution in [2.45, 2.75) is 32.7 Å². The third-order valence-corrected chi connectivity index (χ3v) is 6.16. The first-order chi connectivity index (χ1) is 15.8. The summed E-state index contributed by atoms with van der Waals surface area (Å²) in [4.78, 5) is 50.5. The van der Waals surface area contributed by atoms with Crippen LogP contribution in [0.1, 0.15) is 72.5 Å². The average molecular weight is 442 g/mol. The SMILES string of the molecule is Cc1cc(C(=O)OCC(=O)Nc2ccc3c(c2)C(=O)c2ccccc2C3=O)c(C)n1C1CC1. The third kappa shape index (κ3) is 3.65. The summed E-state index contributed by atoms with van der Waals surface area (Å²) in [7, 11) is 0. The van der Waals surface area contributed by atoms with E-state index in [4.69, 9.17) is 4.74 Å². The third-order valence-electron chi connectivity index (χ3n) is 6.16. The number of nitrogens with one attached hydrogen (secondary N) is 1. The fourth-order valence-electron chi connectivity index (χ4n) is 4.46. The van der Waals surface area contributed by atoms with Crippen LogP contribution < -0.4 is 5.32 Å². The molecule has 0 radical (unpaired) electrons. The van der Waals surface area contributed by atoms with Crippen molar-refractivity contribution in [1.82, 2.24) is 4.57 Å². The van der Waals surface area contributed by atoms with Gasteiger partial charge in [-0.1, -0.05) is 24.3 Å². The Morgan fingerprint density at radius 3 is 2.24 bits per heavy atom. The molecule has 0 saturated heterocycles. The van der Waals surface area contributed by atoms with Crippen molar-refractivity contribution in [3.05, 3.63) is 87.7 Å². The number of ketones is 2. The molecule has 2 aliphatic carbocycles.